The van der Waals surface area contributed by atoms with Gasteiger partial charge in [-0.1, -0.05) is 6.92 Å². The Labute approximate surface area is 219 Å². The molecule has 4 atom stereocenters. The lowest BCUT2D eigenvalue weighted by atomic mass is 9.74. The molecule has 1 aliphatic carbocycles. The molecule has 1 aliphatic rings. The minimum Gasteiger partial charge on any atom is -0.386 e. The van der Waals surface area contributed by atoms with Crippen LogP contribution in [0.25, 0.3) is 16.8 Å². The van der Waals surface area contributed by atoms with E-state index in [1.807, 2.05) is 6.07 Å². The number of hydrogen-bond acceptors (Lipinski definition) is 7. The maximum atomic E-state index is 15.0. The van der Waals surface area contributed by atoms with Crippen LogP contribution in [0.2, 0.25) is 0 Å². The number of nitrogens with two attached hydrogens (primary N) is 1. The summed E-state index contributed by atoms with van der Waals surface area (Å²) in [4.78, 5) is 8.75. The van der Waals surface area contributed by atoms with E-state index in [4.69, 9.17) is 10.5 Å². The van der Waals surface area contributed by atoms with Gasteiger partial charge >= 0.3 is 0 Å². The summed E-state index contributed by atoms with van der Waals surface area (Å²) >= 11 is 0. The van der Waals surface area contributed by atoms with Crippen LogP contribution in [0, 0.1) is 17.6 Å². The van der Waals surface area contributed by atoms with Gasteiger partial charge in [-0.05, 0) is 80.0 Å². The first kappa shape index (κ1) is 26.1. The zero-order valence-corrected chi connectivity index (χ0v) is 21.8. The number of benzene rings is 1. The molecule has 8 nitrogen and oxygen atoms in total. The highest BCUT2D eigenvalue weighted by atomic mass is 19.1. The number of fused-ring (bicyclic) bond motifs is 1. The quantitative estimate of drug-likeness (QED) is 0.330. The highest BCUT2D eigenvalue weighted by Crippen LogP contribution is 2.40. The summed E-state index contributed by atoms with van der Waals surface area (Å²) in [6, 6.07) is 7.38. The molecule has 4 aromatic rings. The molecule has 3 aromatic heterocycles. The third kappa shape index (κ3) is 4.87. The number of pyridine rings is 1. The summed E-state index contributed by atoms with van der Waals surface area (Å²) in [5, 5.41) is 18.0. The van der Waals surface area contributed by atoms with Crippen LogP contribution in [0.1, 0.15) is 50.7 Å². The number of imidazole rings is 1. The monoisotopic (exact) mass is 522 g/mol. The summed E-state index contributed by atoms with van der Waals surface area (Å²) in [5.41, 5.74) is 7.48. The molecule has 0 radical (unpaired) electrons. The molecular formula is C28H32F2N6O2. The highest BCUT2D eigenvalue weighted by molar-refractivity contribution is 5.66. The second-order valence-electron chi connectivity index (χ2n) is 10.6. The molecule has 0 saturated heterocycles. The SMILES string of the molecule is CO[C@H]1[C@H](N)C[C@H](c2ccncc2Nc2ncc3ccc(-c4c(F)cc(C(C)(C)O)cc4F)nn23)C[C@@H]1C. The minimum atomic E-state index is -1.38. The molecule has 0 unspecified atom stereocenters. The van der Waals surface area contributed by atoms with Crippen LogP contribution >= 0.6 is 0 Å². The van der Waals surface area contributed by atoms with E-state index in [9.17, 15) is 5.11 Å². The maximum absolute atomic E-state index is 15.0. The molecule has 4 N–H and O–H groups in total. The predicted octanol–water partition coefficient (Wildman–Crippen LogP) is 4.90. The average molecular weight is 523 g/mol. The van der Waals surface area contributed by atoms with Gasteiger partial charge in [0.25, 0.3) is 0 Å². The van der Waals surface area contributed by atoms with Crippen molar-refractivity contribution in [2.45, 2.75) is 57.3 Å². The largest absolute Gasteiger partial charge is 0.386 e. The molecule has 0 amide bonds. The Morgan fingerprint density at radius 3 is 2.53 bits per heavy atom. The molecule has 5 rings (SSSR count). The van der Waals surface area contributed by atoms with Crippen molar-refractivity contribution < 1.29 is 18.6 Å². The van der Waals surface area contributed by atoms with Gasteiger partial charge in [0.1, 0.15) is 11.6 Å². The van der Waals surface area contributed by atoms with Crippen molar-refractivity contribution in [1.29, 1.82) is 0 Å². The maximum Gasteiger partial charge on any atom is 0.229 e. The van der Waals surface area contributed by atoms with Gasteiger partial charge in [0, 0.05) is 19.3 Å². The van der Waals surface area contributed by atoms with Gasteiger partial charge in [-0.2, -0.15) is 9.61 Å². The van der Waals surface area contributed by atoms with Crippen LogP contribution in [0.5, 0.6) is 0 Å². The van der Waals surface area contributed by atoms with Crippen molar-refractivity contribution in [3.05, 3.63) is 71.7 Å². The molecule has 1 fully saturated rings. The van der Waals surface area contributed by atoms with Gasteiger partial charge in [0.05, 0.1) is 46.6 Å². The van der Waals surface area contributed by atoms with E-state index >= 15 is 8.78 Å². The van der Waals surface area contributed by atoms with Crippen molar-refractivity contribution in [1.82, 2.24) is 19.6 Å². The number of aliphatic hydroxyl groups is 1. The van der Waals surface area contributed by atoms with E-state index in [1.54, 1.807) is 37.8 Å². The van der Waals surface area contributed by atoms with E-state index in [0.29, 0.717) is 17.4 Å². The van der Waals surface area contributed by atoms with E-state index < -0.39 is 17.2 Å². The van der Waals surface area contributed by atoms with Crippen LogP contribution in [-0.2, 0) is 10.3 Å². The van der Waals surface area contributed by atoms with Crippen molar-refractivity contribution in [2.24, 2.45) is 11.7 Å². The van der Waals surface area contributed by atoms with Crippen molar-refractivity contribution >= 4 is 17.2 Å². The molecule has 0 spiro atoms. The third-order valence-electron chi connectivity index (χ3n) is 7.40. The van der Waals surface area contributed by atoms with E-state index in [2.05, 4.69) is 27.3 Å². The number of nitrogens with zero attached hydrogens (tertiary/aromatic N) is 4. The fourth-order valence-corrected chi connectivity index (χ4v) is 5.48. The van der Waals surface area contributed by atoms with Gasteiger partial charge in [-0.15, -0.1) is 0 Å². The third-order valence-corrected chi connectivity index (χ3v) is 7.40. The average Bonchev–Trinajstić information content (AvgIpc) is 3.25. The zero-order chi connectivity index (χ0) is 27.2. The molecule has 10 heteroatoms. The van der Waals surface area contributed by atoms with Gasteiger partial charge < -0.3 is 20.9 Å². The minimum absolute atomic E-state index is 0.0154. The highest BCUT2D eigenvalue weighted by Gasteiger charge is 2.35. The first-order valence-corrected chi connectivity index (χ1v) is 12.6. The van der Waals surface area contributed by atoms with Gasteiger partial charge in [-0.25, -0.2) is 13.8 Å². The topological polar surface area (TPSA) is 111 Å². The summed E-state index contributed by atoms with van der Waals surface area (Å²) in [6.07, 6.45) is 6.80. The van der Waals surface area contributed by atoms with Crippen LogP contribution in [0.4, 0.5) is 20.4 Å². The van der Waals surface area contributed by atoms with Gasteiger partial charge in [0.15, 0.2) is 0 Å². The van der Waals surface area contributed by atoms with Gasteiger partial charge in [0.2, 0.25) is 5.95 Å². The second kappa shape index (κ2) is 10.0. The molecule has 1 aromatic carbocycles. The Balaban J connectivity index is 1.49. The van der Waals surface area contributed by atoms with Crippen molar-refractivity contribution in [3.8, 4) is 11.3 Å². The number of aromatic nitrogens is 4. The fourth-order valence-electron chi connectivity index (χ4n) is 5.48. The van der Waals surface area contributed by atoms with Crippen molar-refractivity contribution in [3.63, 3.8) is 0 Å². The summed E-state index contributed by atoms with van der Waals surface area (Å²) in [6.45, 7) is 5.09. The molecule has 38 heavy (non-hydrogen) atoms. The molecule has 200 valence electrons. The first-order valence-electron chi connectivity index (χ1n) is 12.6. The lowest BCUT2D eigenvalue weighted by molar-refractivity contribution is 0.00984. The van der Waals surface area contributed by atoms with Crippen molar-refractivity contribution in [2.75, 3.05) is 12.4 Å². The molecule has 0 bridgehead atoms. The lowest BCUT2D eigenvalue weighted by Crippen LogP contribution is -2.45. The van der Waals surface area contributed by atoms with Gasteiger partial charge in [-0.3, -0.25) is 4.98 Å². The van der Waals surface area contributed by atoms with E-state index in [-0.39, 0.29) is 34.9 Å². The Kier molecular flexibility index (Phi) is 6.89. The summed E-state index contributed by atoms with van der Waals surface area (Å²) < 4.78 is 37.1. The number of nitrogens with one attached hydrogen (secondary N) is 1. The normalized spacial score (nSPS) is 22.1. The van der Waals surface area contributed by atoms with Crippen LogP contribution in [0.15, 0.2) is 48.9 Å². The van der Waals surface area contributed by atoms with Crippen LogP contribution in [-0.4, -0.2) is 43.9 Å². The Hall–Kier alpha value is -3.47. The zero-order valence-electron chi connectivity index (χ0n) is 21.8. The smallest absolute Gasteiger partial charge is 0.229 e. The molecule has 3 heterocycles. The second-order valence-corrected chi connectivity index (χ2v) is 10.6. The van der Waals surface area contributed by atoms with E-state index in [1.165, 1.54) is 18.4 Å². The number of halogens is 2. The predicted molar refractivity (Wildman–Crippen MR) is 141 cm³/mol. The standard InChI is InChI=1S/C28H32F2N6O2/c1-15-9-16(10-22(31)26(15)38-4)19-7-8-32-14-24(19)34-27-33-13-18-5-6-23(35-36(18)27)25-20(29)11-17(12-21(25)30)28(2,3)37/h5-8,11-16,22,26,37H,9-10,31H2,1-4H3,(H,33,34)/t15-,16+,22+,26+/m0/s1. The number of anilines is 2. The van der Waals surface area contributed by atoms with Crippen LogP contribution < -0.4 is 11.1 Å². The number of ether oxygens (including phenoxy) is 1. The number of rotatable bonds is 6. The first-order chi connectivity index (χ1) is 18.1. The Morgan fingerprint density at radius 2 is 1.87 bits per heavy atom. The Bertz CT molecular complexity index is 1430. The lowest BCUT2D eigenvalue weighted by Gasteiger charge is -2.38. The summed E-state index contributed by atoms with van der Waals surface area (Å²) in [5.74, 6) is -0.749. The fraction of sp³-hybridized carbons (Fsp3) is 0.393. The molecule has 1 saturated carbocycles. The summed E-state index contributed by atoms with van der Waals surface area (Å²) in [7, 11) is 1.70. The molecular weight excluding hydrogens is 490 g/mol. The van der Waals surface area contributed by atoms with Crippen LogP contribution in [0.3, 0.4) is 0 Å². The molecule has 0 aliphatic heterocycles. The van der Waals surface area contributed by atoms with E-state index in [0.717, 1.165) is 36.2 Å². The number of hydrogen-bond donors (Lipinski definition) is 3. The number of methoxy groups -OCH3 is 1. The Morgan fingerprint density at radius 1 is 1.13 bits per heavy atom.